The highest BCUT2D eigenvalue weighted by Gasteiger charge is 2.14. The molecule has 1 N–H and O–H groups in total. The van der Waals surface area contributed by atoms with Gasteiger partial charge in [0.2, 0.25) is 0 Å². The summed E-state index contributed by atoms with van der Waals surface area (Å²) in [5.74, 6) is 0. The van der Waals surface area contributed by atoms with E-state index in [9.17, 15) is 5.11 Å². The van der Waals surface area contributed by atoms with Crippen molar-refractivity contribution in [3.8, 4) is 0 Å². The molecule has 0 bridgehead atoms. The second-order valence-corrected chi connectivity index (χ2v) is 4.80. The molecule has 1 aliphatic heterocycles. The van der Waals surface area contributed by atoms with Crippen LogP contribution in [0.1, 0.15) is 24.1 Å². The van der Waals surface area contributed by atoms with Crippen LogP contribution in [0.25, 0.3) is 0 Å². The molecule has 1 saturated heterocycles. The van der Waals surface area contributed by atoms with Crippen LogP contribution in [0.3, 0.4) is 0 Å². The van der Waals surface area contributed by atoms with Gasteiger partial charge in [-0.05, 0) is 25.8 Å². The quantitative estimate of drug-likeness (QED) is 0.807. The zero-order valence-electron chi connectivity index (χ0n) is 8.22. The predicted molar refractivity (Wildman–Crippen MR) is 57.2 cm³/mol. The lowest BCUT2D eigenvalue weighted by molar-refractivity contribution is 0.155. The first-order valence-electron chi connectivity index (χ1n) is 5.12. The molecule has 0 aliphatic carbocycles. The number of aromatic nitrogens is 1. The van der Waals surface area contributed by atoms with Crippen molar-refractivity contribution in [3.05, 3.63) is 16.6 Å². The Morgan fingerprint density at radius 3 is 3.21 bits per heavy atom. The highest BCUT2D eigenvalue weighted by Crippen LogP contribution is 2.15. The van der Waals surface area contributed by atoms with Gasteiger partial charge in [-0.2, -0.15) is 0 Å². The van der Waals surface area contributed by atoms with Crippen molar-refractivity contribution in [2.24, 2.45) is 0 Å². The minimum Gasteiger partial charge on any atom is -0.393 e. The summed E-state index contributed by atoms with van der Waals surface area (Å²) in [7, 11) is 0. The number of rotatable bonds is 2. The highest BCUT2D eigenvalue weighted by atomic mass is 32.1. The first-order chi connectivity index (χ1) is 6.84. The van der Waals surface area contributed by atoms with Gasteiger partial charge < -0.3 is 5.11 Å². The number of aliphatic hydroxyl groups excluding tert-OH is 1. The summed E-state index contributed by atoms with van der Waals surface area (Å²) in [4.78, 5) is 7.80. The second-order valence-electron chi connectivity index (χ2n) is 3.83. The standard InChI is InChI=1S/C10H16N2OS/c13-9-2-1-4-12(5-3-9)7-10-6-11-8-14-10/h6,8-9,13H,1-5,7H2. The van der Waals surface area contributed by atoms with Crippen molar-refractivity contribution in [3.63, 3.8) is 0 Å². The fourth-order valence-corrected chi connectivity index (χ4v) is 2.47. The van der Waals surface area contributed by atoms with Gasteiger partial charge in [-0.1, -0.05) is 0 Å². The molecule has 3 nitrogen and oxygen atoms in total. The van der Waals surface area contributed by atoms with Gasteiger partial charge in [0.1, 0.15) is 0 Å². The van der Waals surface area contributed by atoms with Crippen LogP contribution in [0.15, 0.2) is 11.7 Å². The van der Waals surface area contributed by atoms with Crippen LogP contribution < -0.4 is 0 Å². The number of nitrogens with zero attached hydrogens (tertiary/aromatic N) is 2. The third-order valence-electron chi connectivity index (χ3n) is 2.65. The molecule has 2 rings (SSSR count). The number of likely N-dealkylation sites (tertiary alicyclic amines) is 1. The Bertz CT molecular complexity index is 263. The average Bonchev–Trinajstić information content (AvgIpc) is 2.58. The van der Waals surface area contributed by atoms with Gasteiger partial charge in [-0.3, -0.25) is 9.88 Å². The van der Waals surface area contributed by atoms with Gasteiger partial charge in [0.15, 0.2) is 0 Å². The van der Waals surface area contributed by atoms with Crippen molar-refractivity contribution >= 4 is 11.3 Å². The summed E-state index contributed by atoms with van der Waals surface area (Å²) < 4.78 is 0. The van der Waals surface area contributed by atoms with E-state index in [1.165, 1.54) is 4.88 Å². The summed E-state index contributed by atoms with van der Waals surface area (Å²) in [5.41, 5.74) is 1.88. The molecule has 1 aromatic rings. The van der Waals surface area contributed by atoms with E-state index in [0.29, 0.717) is 0 Å². The Kier molecular flexibility index (Phi) is 3.50. The van der Waals surface area contributed by atoms with Crippen molar-refractivity contribution in [2.45, 2.75) is 31.9 Å². The number of aliphatic hydroxyl groups is 1. The van der Waals surface area contributed by atoms with E-state index in [1.54, 1.807) is 11.3 Å². The molecule has 0 amide bonds. The van der Waals surface area contributed by atoms with Crippen molar-refractivity contribution in [1.29, 1.82) is 0 Å². The molecule has 1 fully saturated rings. The second kappa shape index (κ2) is 4.87. The molecule has 78 valence electrons. The van der Waals surface area contributed by atoms with E-state index in [2.05, 4.69) is 9.88 Å². The molecular formula is C10H16N2OS. The molecule has 0 spiro atoms. The zero-order chi connectivity index (χ0) is 9.80. The van der Waals surface area contributed by atoms with E-state index >= 15 is 0 Å². The minimum absolute atomic E-state index is 0.0820. The number of hydrogen-bond donors (Lipinski definition) is 1. The van der Waals surface area contributed by atoms with Crippen molar-refractivity contribution in [2.75, 3.05) is 13.1 Å². The minimum atomic E-state index is -0.0820. The van der Waals surface area contributed by atoms with E-state index in [0.717, 1.165) is 38.9 Å². The molecule has 1 aliphatic rings. The fourth-order valence-electron chi connectivity index (χ4n) is 1.84. The van der Waals surface area contributed by atoms with E-state index in [-0.39, 0.29) is 6.10 Å². The third kappa shape index (κ3) is 2.77. The Morgan fingerprint density at radius 2 is 2.43 bits per heavy atom. The highest BCUT2D eigenvalue weighted by molar-refractivity contribution is 7.09. The topological polar surface area (TPSA) is 36.4 Å². The molecule has 0 radical (unpaired) electrons. The maximum atomic E-state index is 9.50. The third-order valence-corrected chi connectivity index (χ3v) is 3.42. The van der Waals surface area contributed by atoms with Crippen LogP contribution >= 0.6 is 11.3 Å². The van der Waals surface area contributed by atoms with Gasteiger partial charge in [-0.25, -0.2) is 0 Å². The van der Waals surface area contributed by atoms with Crippen LogP contribution in [0.5, 0.6) is 0 Å². The number of hydrogen-bond acceptors (Lipinski definition) is 4. The fraction of sp³-hybridized carbons (Fsp3) is 0.700. The summed E-state index contributed by atoms with van der Waals surface area (Å²) in [6, 6.07) is 0. The van der Waals surface area contributed by atoms with Gasteiger partial charge in [0.25, 0.3) is 0 Å². The molecule has 1 unspecified atom stereocenters. The lowest BCUT2D eigenvalue weighted by Crippen LogP contribution is -2.24. The molecule has 0 aromatic carbocycles. The van der Waals surface area contributed by atoms with Crippen molar-refractivity contribution in [1.82, 2.24) is 9.88 Å². The lowest BCUT2D eigenvalue weighted by atomic mass is 10.2. The molecular weight excluding hydrogens is 196 g/mol. The van der Waals surface area contributed by atoms with Crippen LogP contribution in [-0.2, 0) is 6.54 Å². The maximum Gasteiger partial charge on any atom is 0.0794 e. The average molecular weight is 212 g/mol. The van der Waals surface area contributed by atoms with E-state index in [1.807, 2.05) is 11.7 Å². The van der Waals surface area contributed by atoms with Crippen LogP contribution in [0, 0.1) is 0 Å². The first kappa shape index (κ1) is 10.1. The molecule has 1 atom stereocenters. The van der Waals surface area contributed by atoms with E-state index < -0.39 is 0 Å². The summed E-state index contributed by atoms with van der Waals surface area (Å²) in [6.45, 7) is 3.12. The lowest BCUT2D eigenvalue weighted by Gasteiger charge is -2.18. The Hall–Kier alpha value is -0.450. The predicted octanol–water partition coefficient (Wildman–Crippen LogP) is 1.49. The normalized spacial score (nSPS) is 24.8. The van der Waals surface area contributed by atoms with Crippen LogP contribution in [0.4, 0.5) is 0 Å². The van der Waals surface area contributed by atoms with E-state index in [4.69, 9.17) is 0 Å². The van der Waals surface area contributed by atoms with Crippen LogP contribution in [-0.4, -0.2) is 34.2 Å². The van der Waals surface area contributed by atoms with Crippen LogP contribution in [0.2, 0.25) is 0 Å². The van der Waals surface area contributed by atoms with Gasteiger partial charge >= 0.3 is 0 Å². The molecule has 0 saturated carbocycles. The summed E-state index contributed by atoms with van der Waals surface area (Å²) >= 11 is 1.71. The summed E-state index contributed by atoms with van der Waals surface area (Å²) in [6.07, 6.45) is 4.84. The summed E-state index contributed by atoms with van der Waals surface area (Å²) in [5, 5.41) is 9.50. The van der Waals surface area contributed by atoms with Crippen molar-refractivity contribution < 1.29 is 5.11 Å². The number of thiazole rings is 1. The van der Waals surface area contributed by atoms with Gasteiger partial charge in [0, 0.05) is 24.2 Å². The zero-order valence-corrected chi connectivity index (χ0v) is 9.04. The molecule has 14 heavy (non-hydrogen) atoms. The SMILES string of the molecule is OC1CCCN(Cc2cncs2)CC1. The molecule has 2 heterocycles. The maximum absolute atomic E-state index is 9.50. The Morgan fingerprint density at radius 1 is 1.50 bits per heavy atom. The van der Waals surface area contributed by atoms with Gasteiger partial charge in [0.05, 0.1) is 11.6 Å². The molecule has 1 aromatic heterocycles. The molecule has 4 heteroatoms. The monoisotopic (exact) mass is 212 g/mol. The Labute approximate surface area is 88.4 Å². The largest absolute Gasteiger partial charge is 0.393 e. The smallest absolute Gasteiger partial charge is 0.0794 e. The Balaban J connectivity index is 1.86. The van der Waals surface area contributed by atoms with Gasteiger partial charge in [-0.15, -0.1) is 11.3 Å². The first-order valence-corrected chi connectivity index (χ1v) is 6.00.